The van der Waals surface area contributed by atoms with E-state index < -0.39 is 47.9 Å². The lowest BCUT2D eigenvalue weighted by Gasteiger charge is -2.36. The SMILES string of the molecule is NC(=O)c1nn(CC(=O)N2C(C(=O)NCc3cccc(Cl)n3)[C@@H]3C[C@@H](O)[C@H]2[C@H]3O)c2ccccc12. The van der Waals surface area contributed by atoms with E-state index in [-0.39, 0.29) is 30.4 Å². The van der Waals surface area contributed by atoms with Crippen LogP contribution in [0.1, 0.15) is 22.6 Å². The van der Waals surface area contributed by atoms with E-state index in [1.54, 1.807) is 42.5 Å². The lowest BCUT2D eigenvalue weighted by Crippen LogP contribution is -2.57. The summed E-state index contributed by atoms with van der Waals surface area (Å²) in [5, 5.41) is 28.9. The third-order valence-corrected chi connectivity index (χ3v) is 6.88. The number of nitrogens with two attached hydrogens (primary N) is 1. The van der Waals surface area contributed by atoms with Crippen molar-refractivity contribution in [3.63, 3.8) is 0 Å². The van der Waals surface area contributed by atoms with Crippen molar-refractivity contribution >= 4 is 40.2 Å². The average molecular weight is 499 g/mol. The highest BCUT2D eigenvalue weighted by Crippen LogP contribution is 2.43. The summed E-state index contributed by atoms with van der Waals surface area (Å²) in [6, 6.07) is 9.95. The maximum atomic E-state index is 13.5. The summed E-state index contributed by atoms with van der Waals surface area (Å²) in [6.45, 7) is -0.226. The van der Waals surface area contributed by atoms with Gasteiger partial charge in [-0.3, -0.25) is 19.1 Å². The molecule has 1 aromatic carbocycles. The molecule has 1 saturated heterocycles. The number of aliphatic hydroxyl groups excluding tert-OH is 2. The fraction of sp³-hybridized carbons (Fsp3) is 0.348. The Hall–Kier alpha value is -3.54. The van der Waals surface area contributed by atoms with Crippen LogP contribution in [0.2, 0.25) is 5.15 Å². The van der Waals surface area contributed by atoms with E-state index in [1.807, 2.05) is 0 Å². The number of halogens is 1. The molecule has 2 aliphatic rings. The molecule has 3 amide bonds. The number of fused-ring (bicyclic) bond motifs is 3. The molecule has 5 rings (SSSR count). The molecule has 5 atom stereocenters. The maximum Gasteiger partial charge on any atom is 0.269 e. The third kappa shape index (κ3) is 4.01. The van der Waals surface area contributed by atoms with Crippen molar-refractivity contribution in [1.82, 2.24) is 25.0 Å². The topological polar surface area (TPSA) is 164 Å². The van der Waals surface area contributed by atoms with E-state index in [0.717, 1.165) is 0 Å². The molecule has 182 valence electrons. The van der Waals surface area contributed by atoms with E-state index >= 15 is 0 Å². The first-order chi connectivity index (χ1) is 16.8. The molecule has 0 spiro atoms. The Morgan fingerprint density at radius 3 is 2.66 bits per heavy atom. The number of aliphatic hydroxyl groups is 2. The highest BCUT2D eigenvalue weighted by atomic mass is 35.5. The largest absolute Gasteiger partial charge is 0.391 e. The zero-order valence-corrected chi connectivity index (χ0v) is 19.2. The van der Waals surface area contributed by atoms with Crippen LogP contribution >= 0.6 is 11.6 Å². The second-order valence-electron chi connectivity index (χ2n) is 8.75. The van der Waals surface area contributed by atoms with E-state index in [4.69, 9.17) is 17.3 Å². The van der Waals surface area contributed by atoms with Gasteiger partial charge in [0, 0.05) is 11.3 Å². The van der Waals surface area contributed by atoms with E-state index in [9.17, 15) is 24.6 Å². The number of nitrogens with one attached hydrogen (secondary N) is 1. The zero-order valence-electron chi connectivity index (χ0n) is 18.4. The lowest BCUT2D eigenvalue weighted by molar-refractivity contribution is -0.147. The number of primary amides is 1. The monoisotopic (exact) mass is 498 g/mol. The van der Waals surface area contributed by atoms with Gasteiger partial charge in [0.15, 0.2) is 5.69 Å². The van der Waals surface area contributed by atoms with Gasteiger partial charge >= 0.3 is 0 Å². The van der Waals surface area contributed by atoms with Crippen molar-refractivity contribution in [2.75, 3.05) is 0 Å². The van der Waals surface area contributed by atoms with E-state index in [2.05, 4.69) is 15.4 Å². The molecule has 11 nitrogen and oxygen atoms in total. The summed E-state index contributed by atoms with van der Waals surface area (Å²) < 4.78 is 1.34. The normalized spacial score (nSPS) is 25.2. The molecule has 5 N–H and O–H groups in total. The molecule has 12 heteroatoms. The van der Waals surface area contributed by atoms with Gasteiger partial charge in [0.05, 0.1) is 36.0 Å². The predicted molar refractivity (Wildman–Crippen MR) is 124 cm³/mol. The Kier molecular flexibility index (Phi) is 5.91. The van der Waals surface area contributed by atoms with Crippen molar-refractivity contribution in [3.05, 3.63) is 59.0 Å². The van der Waals surface area contributed by atoms with Crippen molar-refractivity contribution in [1.29, 1.82) is 0 Å². The smallest absolute Gasteiger partial charge is 0.269 e. The number of benzene rings is 1. The van der Waals surface area contributed by atoms with E-state index in [1.165, 1.54) is 9.58 Å². The molecular formula is C23H23ClN6O5. The summed E-state index contributed by atoms with van der Waals surface area (Å²) in [7, 11) is 0. The van der Waals surface area contributed by atoms with Gasteiger partial charge in [0.2, 0.25) is 11.8 Å². The number of carbonyl (C=O) groups is 3. The van der Waals surface area contributed by atoms with Gasteiger partial charge in [0.25, 0.3) is 5.91 Å². The molecule has 35 heavy (non-hydrogen) atoms. The van der Waals surface area contributed by atoms with Crippen molar-refractivity contribution < 1.29 is 24.6 Å². The van der Waals surface area contributed by atoms with Crippen molar-refractivity contribution in [3.8, 4) is 0 Å². The molecular weight excluding hydrogens is 476 g/mol. The third-order valence-electron chi connectivity index (χ3n) is 6.67. The van der Waals surface area contributed by atoms with Gasteiger partial charge in [-0.05, 0) is 24.6 Å². The van der Waals surface area contributed by atoms with Gasteiger partial charge < -0.3 is 26.2 Å². The molecule has 3 heterocycles. The Morgan fingerprint density at radius 2 is 1.91 bits per heavy atom. The highest BCUT2D eigenvalue weighted by Gasteiger charge is 2.61. The molecule has 0 radical (unpaired) electrons. The molecule has 1 saturated carbocycles. The van der Waals surface area contributed by atoms with Crippen LogP contribution in [0, 0.1) is 5.92 Å². The first-order valence-corrected chi connectivity index (χ1v) is 11.5. The standard InChI is InChI=1S/C23H23ClN6O5/c24-16-7-3-4-11(27-16)9-26-23(35)19-13-8-15(31)20(21(13)33)30(19)17(32)10-29-14-6-2-1-5-12(14)18(28-29)22(25)34/h1-7,13,15,19-21,31,33H,8-10H2,(H2,25,34)(H,26,35)/t13-,15+,19?,20-,21-/m0/s1. The van der Waals surface area contributed by atoms with Crippen LogP contribution in [-0.2, 0) is 22.7 Å². The van der Waals surface area contributed by atoms with Gasteiger partial charge in [-0.2, -0.15) is 5.10 Å². The van der Waals surface area contributed by atoms with Crippen LogP contribution in [0.15, 0.2) is 42.5 Å². The summed E-state index contributed by atoms with van der Waals surface area (Å²) >= 11 is 5.90. The number of likely N-dealkylation sites (tertiary alicyclic amines) is 1. The predicted octanol–water partition coefficient (Wildman–Crippen LogP) is -0.179. The second-order valence-corrected chi connectivity index (χ2v) is 9.14. The number of aromatic nitrogens is 3. The average Bonchev–Trinajstić information content (AvgIpc) is 3.43. The van der Waals surface area contributed by atoms with Crippen LogP contribution in [0.5, 0.6) is 0 Å². The Balaban J connectivity index is 1.41. The summed E-state index contributed by atoms with van der Waals surface area (Å²) in [5.41, 5.74) is 6.53. The number of para-hydroxylation sites is 1. The van der Waals surface area contributed by atoms with Gasteiger partial charge in [-0.15, -0.1) is 0 Å². The fourth-order valence-electron chi connectivity index (χ4n) is 5.21. The van der Waals surface area contributed by atoms with Crippen molar-refractivity contribution in [2.45, 2.75) is 43.8 Å². The highest BCUT2D eigenvalue weighted by molar-refractivity contribution is 6.29. The molecule has 1 unspecified atom stereocenters. The van der Waals surface area contributed by atoms with Crippen LogP contribution < -0.4 is 11.1 Å². The minimum Gasteiger partial charge on any atom is -0.391 e. The first-order valence-electron chi connectivity index (χ1n) is 11.1. The molecule has 3 aromatic rings. The van der Waals surface area contributed by atoms with Crippen LogP contribution in [-0.4, -0.2) is 71.9 Å². The second kappa shape index (κ2) is 8.91. The number of pyridine rings is 1. The van der Waals surface area contributed by atoms with E-state index in [0.29, 0.717) is 16.6 Å². The van der Waals surface area contributed by atoms with Crippen LogP contribution in [0.3, 0.4) is 0 Å². The quantitative estimate of drug-likeness (QED) is 0.342. The van der Waals surface area contributed by atoms with Gasteiger partial charge in [-0.1, -0.05) is 35.9 Å². The molecule has 2 aromatic heterocycles. The van der Waals surface area contributed by atoms with Crippen molar-refractivity contribution in [2.24, 2.45) is 11.7 Å². The number of nitrogens with zero attached hydrogens (tertiary/aromatic N) is 4. The fourth-order valence-corrected chi connectivity index (χ4v) is 5.39. The summed E-state index contributed by atoms with van der Waals surface area (Å²) in [5.74, 6) is -2.35. The maximum absolute atomic E-state index is 13.5. The number of piperidine rings is 1. The molecule has 1 aliphatic carbocycles. The number of carbonyl (C=O) groups excluding carboxylic acids is 3. The van der Waals surface area contributed by atoms with Crippen LogP contribution in [0.25, 0.3) is 10.9 Å². The first kappa shape index (κ1) is 23.2. The molecule has 1 aliphatic heterocycles. The number of rotatable bonds is 6. The lowest BCUT2D eigenvalue weighted by atomic mass is 9.95. The zero-order chi connectivity index (χ0) is 24.9. The minimum absolute atomic E-state index is 0.0275. The molecule has 2 fully saturated rings. The Bertz CT molecular complexity index is 1330. The minimum atomic E-state index is -1.05. The number of hydrogen-bond acceptors (Lipinski definition) is 7. The molecule has 2 bridgehead atoms. The van der Waals surface area contributed by atoms with Gasteiger partial charge in [0.1, 0.15) is 17.7 Å². The Morgan fingerprint density at radius 1 is 1.14 bits per heavy atom. The number of hydrogen-bond donors (Lipinski definition) is 4. The van der Waals surface area contributed by atoms with Gasteiger partial charge in [-0.25, -0.2) is 4.98 Å². The van der Waals surface area contributed by atoms with Crippen LogP contribution in [0.4, 0.5) is 0 Å². The Labute approximate surface area is 204 Å². The summed E-state index contributed by atoms with van der Waals surface area (Å²) in [4.78, 5) is 43.9. The number of amides is 3. The summed E-state index contributed by atoms with van der Waals surface area (Å²) in [6.07, 6.45) is -1.82.